The van der Waals surface area contributed by atoms with Crippen LogP contribution in [0.3, 0.4) is 0 Å². The summed E-state index contributed by atoms with van der Waals surface area (Å²) in [6.07, 6.45) is 2.47. The SMILES string of the molecule is OC(Cn1c2c(c3nc(CF)ccc31)C1CCCN1CC2)c1ccc(CF)cc1. The van der Waals surface area contributed by atoms with E-state index in [9.17, 15) is 13.9 Å². The topological polar surface area (TPSA) is 41.3 Å². The molecule has 3 aromatic rings. The van der Waals surface area contributed by atoms with Gasteiger partial charge in [0.2, 0.25) is 0 Å². The van der Waals surface area contributed by atoms with Crippen LogP contribution in [0.4, 0.5) is 8.78 Å². The monoisotopic (exact) mass is 397 g/mol. The summed E-state index contributed by atoms with van der Waals surface area (Å²) >= 11 is 0. The maximum atomic E-state index is 13.3. The Morgan fingerprint density at radius 3 is 2.66 bits per heavy atom. The first-order chi connectivity index (χ1) is 14.2. The van der Waals surface area contributed by atoms with E-state index >= 15 is 0 Å². The van der Waals surface area contributed by atoms with Crippen LogP contribution in [0.15, 0.2) is 36.4 Å². The van der Waals surface area contributed by atoms with Crippen molar-refractivity contribution in [2.24, 2.45) is 0 Å². The number of nitrogens with zero attached hydrogens (tertiary/aromatic N) is 3. The molecule has 0 bridgehead atoms. The van der Waals surface area contributed by atoms with Crippen molar-refractivity contribution in [1.29, 1.82) is 0 Å². The van der Waals surface area contributed by atoms with Crippen LogP contribution in [0.25, 0.3) is 11.0 Å². The van der Waals surface area contributed by atoms with Gasteiger partial charge in [-0.15, -0.1) is 0 Å². The third kappa shape index (κ3) is 3.15. The van der Waals surface area contributed by atoms with E-state index in [4.69, 9.17) is 0 Å². The lowest BCUT2D eigenvalue weighted by Crippen LogP contribution is -2.31. The number of pyridine rings is 1. The number of hydrogen-bond acceptors (Lipinski definition) is 3. The van der Waals surface area contributed by atoms with Crippen LogP contribution in [-0.4, -0.2) is 32.6 Å². The number of fused-ring (bicyclic) bond motifs is 5. The van der Waals surface area contributed by atoms with Crippen LogP contribution >= 0.6 is 0 Å². The average Bonchev–Trinajstić information content (AvgIpc) is 3.36. The van der Waals surface area contributed by atoms with Crippen molar-refractivity contribution in [2.45, 2.75) is 51.3 Å². The number of aliphatic hydroxyl groups excluding tert-OH is 1. The minimum Gasteiger partial charge on any atom is -0.387 e. The molecule has 0 saturated carbocycles. The van der Waals surface area contributed by atoms with Crippen molar-refractivity contribution < 1.29 is 13.9 Å². The molecule has 29 heavy (non-hydrogen) atoms. The molecule has 4 heterocycles. The lowest BCUT2D eigenvalue weighted by atomic mass is 9.98. The Morgan fingerprint density at radius 1 is 1.07 bits per heavy atom. The molecule has 4 nitrogen and oxygen atoms in total. The number of rotatable bonds is 5. The summed E-state index contributed by atoms with van der Waals surface area (Å²) < 4.78 is 28.3. The number of hydrogen-bond donors (Lipinski definition) is 1. The number of aromatic nitrogens is 2. The second kappa shape index (κ2) is 7.50. The van der Waals surface area contributed by atoms with Gasteiger partial charge in [-0.05, 0) is 42.6 Å². The molecule has 2 aliphatic heterocycles. The molecule has 152 valence electrons. The summed E-state index contributed by atoms with van der Waals surface area (Å²) in [4.78, 5) is 7.15. The largest absolute Gasteiger partial charge is 0.387 e. The first kappa shape index (κ1) is 18.7. The van der Waals surface area contributed by atoms with Crippen molar-refractivity contribution in [3.63, 3.8) is 0 Å². The van der Waals surface area contributed by atoms with E-state index in [1.165, 1.54) is 17.7 Å². The van der Waals surface area contributed by atoms with E-state index in [2.05, 4.69) is 14.5 Å². The average molecular weight is 397 g/mol. The summed E-state index contributed by atoms with van der Waals surface area (Å²) in [6, 6.07) is 11.0. The quantitative estimate of drug-likeness (QED) is 0.694. The lowest BCUT2D eigenvalue weighted by Gasteiger charge is -2.31. The van der Waals surface area contributed by atoms with E-state index < -0.39 is 19.5 Å². The number of alkyl halides is 2. The Balaban J connectivity index is 1.58. The predicted molar refractivity (Wildman–Crippen MR) is 108 cm³/mol. The molecular formula is C23H25F2N3O. The van der Waals surface area contributed by atoms with Gasteiger partial charge in [0, 0.05) is 30.3 Å². The van der Waals surface area contributed by atoms with E-state index in [0.29, 0.717) is 23.8 Å². The van der Waals surface area contributed by atoms with Crippen LogP contribution in [0, 0.1) is 0 Å². The molecule has 2 unspecified atom stereocenters. The highest BCUT2D eigenvalue weighted by Crippen LogP contribution is 2.42. The van der Waals surface area contributed by atoms with Gasteiger partial charge in [-0.2, -0.15) is 0 Å². The first-order valence-electron chi connectivity index (χ1n) is 10.3. The standard InChI is InChI=1S/C23H25F2N3O/c24-12-15-3-5-16(6-4-15)21(29)14-28-19-9-11-27-10-1-2-18(27)22(19)23-20(28)8-7-17(13-25)26-23/h3-8,18,21,29H,1-2,9-14H2. The Labute approximate surface area is 168 Å². The Morgan fingerprint density at radius 2 is 1.90 bits per heavy atom. The molecule has 6 heteroatoms. The molecule has 1 fully saturated rings. The van der Waals surface area contributed by atoms with Crippen LogP contribution < -0.4 is 0 Å². The van der Waals surface area contributed by atoms with Crippen molar-refractivity contribution in [2.75, 3.05) is 13.1 Å². The normalized spacial score (nSPS) is 20.0. The van der Waals surface area contributed by atoms with Crippen LogP contribution in [0.2, 0.25) is 0 Å². The maximum absolute atomic E-state index is 13.3. The van der Waals surface area contributed by atoms with Crippen LogP contribution in [0.1, 0.15) is 53.1 Å². The zero-order chi connectivity index (χ0) is 20.0. The summed E-state index contributed by atoms with van der Waals surface area (Å²) in [5.74, 6) is 0. The molecule has 2 aromatic heterocycles. The van der Waals surface area contributed by atoms with Gasteiger partial charge in [0.05, 0.1) is 29.4 Å². The fraction of sp³-hybridized carbons (Fsp3) is 0.435. The van der Waals surface area contributed by atoms with E-state index in [1.54, 1.807) is 30.3 Å². The molecule has 0 aliphatic carbocycles. The Kier molecular flexibility index (Phi) is 4.84. The highest BCUT2D eigenvalue weighted by molar-refractivity contribution is 5.83. The van der Waals surface area contributed by atoms with Gasteiger partial charge in [0.1, 0.15) is 13.3 Å². The summed E-state index contributed by atoms with van der Waals surface area (Å²) in [5, 5.41) is 10.9. The number of benzene rings is 1. The van der Waals surface area contributed by atoms with Crippen molar-refractivity contribution in [1.82, 2.24) is 14.5 Å². The fourth-order valence-electron chi connectivity index (χ4n) is 5.02. The Bertz CT molecular complexity index is 1030. The third-order valence-corrected chi connectivity index (χ3v) is 6.46. The van der Waals surface area contributed by atoms with Gasteiger partial charge in [-0.3, -0.25) is 4.90 Å². The highest BCUT2D eigenvalue weighted by Gasteiger charge is 2.36. The molecule has 5 rings (SSSR count). The molecule has 0 spiro atoms. The zero-order valence-electron chi connectivity index (χ0n) is 16.3. The van der Waals surface area contributed by atoms with E-state index in [-0.39, 0.29) is 0 Å². The third-order valence-electron chi connectivity index (χ3n) is 6.46. The summed E-state index contributed by atoms with van der Waals surface area (Å²) in [6.45, 7) is 1.43. The van der Waals surface area contributed by atoms with Gasteiger partial charge in [-0.25, -0.2) is 13.8 Å². The molecule has 2 atom stereocenters. The van der Waals surface area contributed by atoms with Crippen molar-refractivity contribution in [3.8, 4) is 0 Å². The van der Waals surface area contributed by atoms with Gasteiger partial charge in [0.15, 0.2) is 0 Å². The van der Waals surface area contributed by atoms with Gasteiger partial charge in [0.25, 0.3) is 0 Å². The Hall–Kier alpha value is -2.31. The second-order valence-corrected chi connectivity index (χ2v) is 8.11. The highest BCUT2D eigenvalue weighted by atomic mass is 19.1. The number of aliphatic hydroxyl groups is 1. The molecule has 0 radical (unpaired) electrons. The van der Waals surface area contributed by atoms with Crippen molar-refractivity contribution in [3.05, 3.63) is 64.5 Å². The minimum atomic E-state index is -0.703. The minimum absolute atomic E-state index is 0.339. The smallest absolute Gasteiger partial charge is 0.131 e. The zero-order valence-corrected chi connectivity index (χ0v) is 16.3. The molecule has 0 amide bonds. The van der Waals surface area contributed by atoms with E-state index in [0.717, 1.165) is 42.5 Å². The van der Waals surface area contributed by atoms with Crippen molar-refractivity contribution >= 4 is 11.0 Å². The first-order valence-corrected chi connectivity index (χ1v) is 10.3. The van der Waals surface area contributed by atoms with E-state index in [1.807, 2.05) is 6.07 Å². The summed E-state index contributed by atoms with van der Waals surface area (Å²) in [7, 11) is 0. The molecule has 1 saturated heterocycles. The molecule has 1 N–H and O–H groups in total. The fourth-order valence-corrected chi connectivity index (χ4v) is 5.02. The second-order valence-electron chi connectivity index (χ2n) is 8.11. The van der Waals surface area contributed by atoms with Gasteiger partial charge < -0.3 is 9.67 Å². The predicted octanol–water partition coefficient (Wildman–Crippen LogP) is 4.40. The maximum Gasteiger partial charge on any atom is 0.131 e. The van der Waals surface area contributed by atoms with Gasteiger partial charge in [-0.1, -0.05) is 24.3 Å². The van der Waals surface area contributed by atoms with Crippen LogP contribution in [0.5, 0.6) is 0 Å². The molecular weight excluding hydrogens is 372 g/mol. The molecule has 2 aliphatic rings. The number of halogens is 2. The molecule has 1 aromatic carbocycles. The lowest BCUT2D eigenvalue weighted by molar-refractivity contribution is 0.155. The van der Waals surface area contributed by atoms with Gasteiger partial charge >= 0.3 is 0 Å². The van der Waals surface area contributed by atoms with Crippen LogP contribution in [-0.2, 0) is 26.3 Å². The summed E-state index contributed by atoms with van der Waals surface area (Å²) in [5.41, 5.74) is 6.10.